The van der Waals surface area contributed by atoms with E-state index in [1.165, 1.54) is 27.1 Å². The average molecular weight is 1090 g/mol. The van der Waals surface area contributed by atoms with Crippen LogP contribution in [0.3, 0.4) is 0 Å². The van der Waals surface area contributed by atoms with Gasteiger partial charge in [0.05, 0.1) is 6.07 Å². The summed E-state index contributed by atoms with van der Waals surface area (Å²) in [5.41, 5.74) is -11.9. The Morgan fingerprint density at radius 1 is 0.299 bits per heavy atom. The van der Waals surface area contributed by atoms with E-state index in [9.17, 15) is 52.7 Å². The molecule has 9 aromatic carbocycles. The third-order valence-corrected chi connectivity index (χ3v) is 12.7. The highest BCUT2D eigenvalue weighted by Gasteiger charge is 2.52. The zero-order chi connectivity index (χ0) is 55.7. The van der Waals surface area contributed by atoms with E-state index < -0.39 is 144 Å². The fraction of sp³-hybridized carbons (Fsp3) is 0.0185. The smallest absolute Gasteiger partial charge is 0.374 e. The van der Waals surface area contributed by atoms with Crippen molar-refractivity contribution in [3.8, 4) is 11.6 Å². The van der Waals surface area contributed by atoms with Gasteiger partial charge in [0.1, 0.15) is 58.4 Å². The molecular formula is C54H22BF20NO. The summed E-state index contributed by atoms with van der Waals surface area (Å²) in [6, 6.07) is 42.3. The van der Waals surface area contributed by atoms with Gasteiger partial charge in [-0.05, 0) is 34.4 Å². The first-order valence-corrected chi connectivity index (χ1v) is 21.8. The zero-order valence-corrected chi connectivity index (χ0v) is 37.7. The largest absolute Gasteiger partial charge is 0.404 e. The quantitative estimate of drug-likeness (QED) is 0.0369. The molecule has 10 aromatic rings. The number of halogens is 20. The van der Waals surface area contributed by atoms with E-state index in [0.29, 0.717) is 0 Å². The standard InChI is InChI=1S/C30H22NO.C24BF20/c1-2-10-22(11-3-1)21-31-28-17-9-5-12-23(28)18-19-30(31)32-29-20-24-13-4-6-14-25(24)26-15-7-8-16-27(26)29;26-5-1(6(27)14(35)21(42)13(5)34)25(2-7(28)15(36)22(43)16(37)8(2)29,3-9(30)17(38)23(44)18(39)10(3)31)4-11(32)19(40)24(45)20(41)12(4)33/h1-20H,21H2;/q+1;-1. The van der Waals surface area contributed by atoms with Gasteiger partial charge in [0.2, 0.25) is 5.52 Å². The van der Waals surface area contributed by atoms with Gasteiger partial charge in [-0.25, -0.2) is 87.8 Å². The molecule has 10 rings (SSSR count). The Hall–Kier alpha value is -8.63. The number of hydrogen-bond acceptors (Lipinski definition) is 1. The van der Waals surface area contributed by atoms with Crippen molar-refractivity contribution in [2.75, 3.05) is 0 Å². The lowest BCUT2D eigenvalue weighted by molar-refractivity contribution is -0.666. The molecule has 0 spiro atoms. The van der Waals surface area contributed by atoms with Gasteiger partial charge in [0.15, 0.2) is 76.4 Å². The highest BCUT2D eigenvalue weighted by atomic mass is 19.2. The predicted octanol–water partition coefficient (Wildman–Crippen LogP) is 13.1. The molecule has 0 saturated carbocycles. The predicted molar refractivity (Wildman–Crippen MR) is 240 cm³/mol. The van der Waals surface area contributed by atoms with Crippen molar-refractivity contribution in [2.24, 2.45) is 0 Å². The van der Waals surface area contributed by atoms with E-state index in [-0.39, 0.29) is 0 Å². The van der Waals surface area contributed by atoms with Crippen LogP contribution in [0.5, 0.6) is 11.6 Å². The van der Waals surface area contributed by atoms with E-state index in [4.69, 9.17) is 4.74 Å². The third-order valence-electron chi connectivity index (χ3n) is 12.7. The molecule has 0 amide bonds. The maximum Gasteiger partial charge on any atom is 0.374 e. The summed E-state index contributed by atoms with van der Waals surface area (Å²) >= 11 is 0. The Morgan fingerprint density at radius 2 is 0.623 bits per heavy atom. The summed E-state index contributed by atoms with van der Waals surface area (Å²) in [6.07, 6.45) is -7.22. The number of ether oxygens (including phenoxy) is 1. The van der Waals surface area contributed by atoms with Crippen LogP contribution in [0, 0.1) is 116 Å². The van der Waals surface area contributed by atoms with Crippen LogP contribution >= 0.6 is 0 Å². The van der Waals surface area contributed by atoms with Gasteiger partial charge < -0.3 is 4.74 Å². The highest BCUT2D eigenvalue weighted by molar-refractivity contribution is 7.20. The molecule has 0 aliphatic carbocycles. The van der Waals surface area contributed by atoms with Crippen molar-refractivity contribution in [3.63, 3.8) is 0 Å². The number of rotatable bonds is 8. The molecule has 1 aromatic heterocycles. The lowest BCUT2D eigenvalue weighted by Crippen LogP contribution is -2.81. The van der Waals surface area contributed by atoms with Crippen molar-refractivity contribution in [3.05, 3.63) is 243 Å². The first-order chi connectivity index (χ1) is 36.6. The van der Waals surface area contributed by atoms with Crippen LogP contribution in [0.2, 0.25) is 0 Å². The summed E-state index contributed by atoms with van der Waals surface area (Å²) in [4.78, 5) is 0. The Balaban J connectivity index is 0.000000197. The molecule has 2 nitrogen and oxygen atoms in total. The summed E-state index contributed by atoms with van der Waals surface area (Å²) in [7, 11) is 0. The highest BCUT2D eigenvalue weighted by Crippen LogP contribution is 2.36. The average Bonchev–Trinajstić information content (AvgIpc) is 3.57. The SMILES string of the molecule is Fc1c(F)c(F)c([B-](c2c(F)c(F)c(F)c(F)c2F)(c2c(F)c(F)c(F)c(F)c2F)c2c(F)c(F)c(F)c(F)c2F)c(F)c1F.c1ccc(C[n+]2c(Oc3cc4ccccc4c4ccccc34)ccc3ccccc32)cc1. The maximum absolute atomic E-state index is 15.4. The number of fused-ring (bicyclic) bond motifs is 4. The van der Waals surface area contributed by atoms with E-state index in [1.807, 2.05) is 0 Å². The van der Waals surface area contributed by atoms with Gasteiger partial charge in [-0.2, -0.15) is 4.57 Å². The topological polar surface area (TPSA) is 13.1 Å². The third kappa shape index (κ3) is 8.38. The second-order valence-electron chi connectivity index (χ2n) is 16.8. The number of aromatic nitrogens is 1. The fourth-order valence-electron chi connectivity index (χ4n) is 9.35. The Bertz CT molecular complexity index is 3680. The van der Waals surface area contributed by atoms with Gasteiger partial charge in [-0.3, -0.25) is 0 Å². The van der Waals surface area contributed by atoms with E-state index >= 15 is 35.1 Å². The normalized spacial score (nSPS) is 11.7. The minimum atomic E-state index is -7.22. The summed E-state index contributed by atoms with van der Waals surface area (Å²) in [6.45, 7) is 0.739. The Morgan fingerprint density at radius 3 is 1.04 bits per heavy atom. The van der Waals surface area contributed by atoms with Crippen LogP contribution < -0.4 is 31.2 Å². The molecule has 0 saturated heterocycles. The number of nitrogens with zero attached hydrogens (tertiary/aromatic N) is 1. The van der Waals surface area contributed by atoms with Crippen molar-refractivity contribution in [1.82, 2.24) is 0 Å². The van der Waals surface area contributed by atoms with Crippen LogP contribution in [0.25, 0.3) is 32.4 Å². The van der Waals surface area contributed by atoms with Crippen LogP contribution in [-0.4, -0.2) is 6.15 Å². The van der Waals surface area contributed by atoms with E-state index in [0.717, 1.165) is 29.1 Å². The second-order valence-corrected chi connectivity index (χ2v) is 16.8. The molecule has 23 heteroatoms. The molecule has 0 fully saturated rings. The van der Waals surface area contributed by atoms with Gasteiger partial charge in [0.25, 0.3) is 0 Å². The first-order valence-electron chi connectivity index (χ1n) is 21.8. The number of pyridine rings is 1. The molecule has 77 heavy (non-hydrogen) atoms. The van der Waals surface area contributed by atoms with Crippen molar-refractivity contribution in [1.29, 1.82) is 0 Å². The lowest BCUT2D eigenvalue weighted by atomic mass is 9.12. The number of para-hydroxylation sites is 1. The molecule has 0 N–H and O–H groups in total. The molecule has 0 aliphatic rings. The summed E-state index contributed by atoms with van der Waals surface area (Å²) in [5.74, 6) is -69.7. The Labute approximate surface area is 418 Å². The molecule has 0 unspecified atom stereocenters. The van der Waals surface area contributed by atoms with Gasteiger partial charge in [-0.15, -0.1) is 21.9 Å². The fourth-order valence-corrected chi connectivity index (χ4v) is 9.35. The molecule has 0 radical (unpaired) electrons. The van der Waals surface area contributed by atoms with Crippen LogP contribution in [0.4, 0.5) is 87.8 Å². The number of hydrogen-bond donors (Lipinski definition) is 0. The van der Waals surface area contributed by atoms with Crippen molar-refractivity contribution >= 4 is 60.4 Å². The van der Waals surface area contributed by atoms with E-state index in [2.05, 4.69) is 126 Å². The molecule has 392 valence electrons. The van der Waals surface area contributed by atoms with Crippen molar-refractivity contribution in [2.45, 2.75) is 6.54 Å². The van der Waals surface area contributed by atoms with Gasteiger partial charge >= 0.3 is 5.88 Å². The lowest BCUT2D eigenvalue weighted by Gasteiger charge is -2.44. The minimum Gasteiger partial charge on any atom is -0.404 e. The van der Waals surface area contributed by atoms with Gasteiger partial charge in [-0.1, -0.05) is 91.0 Å². The Kier molecular flexibility index (Phi) is 13.9. The first kappa shape index (κ1) is 53.2. The monoisotopic (exact) mass is 1090 g/mol. The summed E-state index contributed by atoms with van der Waals surface area (Å²) in [5, 5.41) is 5.93. The molecule has 1 heterocycles. The molecular weight excluding hydrogens is 1070 g/mol. The van der Waals surface area contributed by atoms with Crippen molar-refractivity contribution < 1.29 is 97.1 Å². The zero-order valence-electron chi connectivity index (χ0n) is 37.7. The van der Waals surface area contributed by atoms with Crippen LogP contribution in [0.1, 0.15) is 5.56 Å². The van der Waals surface area contributed by atoms with Crippen LogP contribution in [-0.2, 0) is 6.54 Å². The molecule has 0 bridgehead atoms. The maximum atomic E-state index is 15.4. The number of benzene rings is 9. The van der Waals surface area contributed by atoms with Crippen LogP contribution in [0.15, 0.2) is 121 Å². The second kappa shape index (κ2) is 20.1. The molecule has 0 aliphatic heterocycles. The minimum absolute atomic E-state index is 0.739. The van der Waals surface area contributed by atoms with E-state index in [1.54, 1.807) is 0 Å². The van der Waals surface area contributed by atoms with Gasteiger partial charge in [0, 0.05) is 22.4 Å². The molecule has 0 atom stereocenters. The summed E-state index contributed by atoms with van der Waals surface area (Å²) < 4.78 is 303.